The molecule has 0 saturated heterocycles. The second-order valence-electron chi connectivity index (χ2n) is 5.89. The Morgan fingerprint density at radius 2 is 2.10 bits per heavy atom. The lowest BCUT2D eigenvalue weighted by Gasteiger charge is -2.43. The van der Waals surface area contributed by atoms with E-state index in [9.17, 15) is 9.59 Å². The molecule has 2 heterocycles. The van der Waals surface area contributed by atoms with Gasteiger partial charge in [0.15, 0.2) is 5.78 Å². The van der Waals surface area contributed by atoms with Crippen LogP contribution >= 0.6 is 0 Å². The first-order valence-corrected chi connectivity index (χ1v) is 7.08. The molecule has 1 aromatic carbocycles. The molecule has 0 radical (unpaired) electrons. The van der Waals surface area contributed by atoms with Crippen molar-refractivity contribution < 1.29 is 9.53 Å². The van der Waals surface area contributed by atoms with Crippen LogP contribution in [0.1, 0.15) is 25.1 Å². The maximum absolute atomic E-state index is 12.8. The lowest BCUT2D eigenvalue weighted by atomic mass is 9.84. The molecule has 0 spiro atoms. The van der Waals surface area contributed by atoms with Gasteiger partial charge in [0.2, 0.25) is 0 Å². The molecule has 0 unspecified atom stereocenters. The zero-order valence-electron chi connectivity index (χ0n) is 11.7. The van der Waals surface area contributed by atoms with Gasteiger partial charge in [0.1, 0.15) is 5.60 Å². The second kappa shape index (κ2) is 4.15. The van der Waals surface area contributed by atoms with Gasteiger partial charge in [0.25, 0.3) is 5.56 Å². The SMILES string of the molecule is C[C@]12C=CC(=O)C[C@H]1n1c(cc3ccccc3c1=O)CO2. The van der Waals surface area contributed by atoms with E-state index in [0.717, 1.165) is 11.1 Å². The van der Waals surface area contributed by atoms with E-state index in [1.165, 1.54) is 0 Å². The Morgan fingerprint density at radius 1 is 1.29 bits per heavy atom. The van der Waals surface area contributed by atoms with Crippen LogP contribution in [-0.4, -0.2) is 16.0 Å². The Hall–Kier alpha value is -2.20. The van der Waals surface area contributed by atoms with Crippen molar-refractivity contribution >= 4 is 16.6 Å². The van der Waals surface area contributed by atoms with E-state index in [1.807, 2.05) is 37.3 Å². The number of rotatable bonds is 0. The molecule has 106 valence electrons. The van der Waals surface area contributed by atoms with Crippen LogP contribution in [0.3, 0.4) is 0 Å². The van der Waals surface area contributed by atoms with Crippen molar-refractivity contribution in [2.75, 3.05) is 0 Å². The number of ketones is 1. The van der Waals surface area contributed by atoms with Gasteiger partial charge in [0, 0.05) is 17.5 Å². The molecular formula is C17H15NO3. The van der Waals surface area contributed by atoms with Crippen molar-refractivity contribution in [2.24, 2.45) is 0 Å². The third-order valence-corrected chi connectivity index (χ3v) is 4.54. The van der Waals surface area contributed by atoms with Crippen LogP contribution in [0.4, 0.5) is 0 Å². The number of ether oxygens (including phenoxy) is 1. The van der Waals surface area contributed by atoms with E-state index < -0.39 is 5.60 Å². The summed E-state index contributed by atoms with van der Waals surface area (Å²) in [5, 5.41) is 1.60. The fourth-order valence-corrected chi connectivity index (χ4v) is 3.33. The van der Waals surface area contributed by atoms with Gasteiger partial charge >= 0.3 is 0 Å². The molecule has 0 fully saturated rings. The second-order valence-corrected chi connectivity index (χ2v) is 5.89. The first-order chi connectivity index (χ1) is 10.1. The Balaban J connectivity index is 2.02. The molecule has 0 saturated carbocycles. The van der Waals surface area contributed by atoms with Crippen molar-refractivity contribution in [2.45, 2.75) is 31.6 Å². The maximum Gasteiger partial charge on any atom is 0.259 e. The summed E-state index contributed by atoms with van der Waals surface area (Å²) >= 11 is 0. The molecule has 4 nitrogen and oxygen atoms in total. The zero-order chi connectivity index (χ0) is 14.6. The minimum atomic E-state index is -0.590. The van der Waals surface area contributed by atoms with Gasteiger partial charge in [-0.1, -0.05) is 18.2 Å². The molecule has 4 heteroatoms. The van der Waals surface area contributed by atoms with E-state index in [2.05, 4.69) is 0 Å². The average molecular weight is 281 g/mol. The lowest BCUT2D eigenvalue weighted by molar-refractivity contribution is -0.123. The third kappa shape index (κ3) is 1.72. The average Bonchev–Trinajstić information content (AvgIpc) is 2.48. The summed E-state index contributed by atoms with van der Waals surface area (Å²) in [6, 6.07) is 9.26. The standard InChI is InChI=1S/C17H15NO3/c1-17-7-6-13(19)9-15(17)18-12(10-21-17)8-11-4-2-3-5-14(11)16(18)20/h2-8,15H,9-10H2,1H3/t15-,17+/m1/s1. The lowest BCUT2D eigenvalue weighted by Crippen LogP contribution is -2.49. The van der Waals surface area contributed by atoms with Crippen molar-refractivity contribution in [3.8, 4) is 0 Å². The van der Waals surface area contributed by atoms with Crippen molar-refractivity contribution in [3.63, 3.8) is 0 Å². The van der Waals surface area contributed by atoms with Crippen LogP contribution in [-0.2, 0) is 16.1 Å². The molecule has 4 rings (SSSR count). The molecule has 2 aromatic rings. The van der Waals surface area contributed by atoms with Crippen LogP contribution in [0.5, 0.6) is 0 Å². The van der Waals surface area contributed by atoms with Gasteiger partial charge in [-0.3, -0.25) is 9.59 Å². The monoisotopic (exact) mass is 281 g/mol. The number of hydrogen-bond acceptors (Lipinski definition) is 3. The molecule has 21 heavy (non-hydrogen) atoms. The molecule has 1 aliphatic carbocycles. The van der Waals surface area contributed by atoms with Crippen LogP contribution < -0.4 is 5.56 Å². The predicted molar refractivity (Wildman–Crippen MR) is 79.2 cm³/mol. The summed E-state index contributed by atoms with van der Waals surface area (Å²) in [7, 11) is 0. The number of carbonyl (C=O) groups excluding carboxylic acids is 1. The van der Waals surface area contributed by atoms with Crippen molar-refractivity contribution in [1.82, 2.24) is 4.57 Å². The van der Waals surface area contributed by atoms with Crippen LogP contribution in [0.2, 0.25) is 0 Å². The largest absolute Gasteiger partial charge is 0.363 e. The number of aromatic nitrogens is 1. The normalized spacial score (nSPS) is 27.5. The predicted octanol–water partition coefficient (Wildman–Crippen LogP) is 2.36. The molecule has 2 atom stereocenters. The maximum atomic E-state index is 12.8. The van der Waals surface area contributed by atoms with E-state index in [1.54, 1.807) is 16.7 Å². The number of allylic oxidation sites excluding steroid dienone is 1. The Kier molecular flexibility index (Phi) is 2.48. The smallest absolute Gasteiger partial charge is 0.259 e. The summed E-state index contributed by atoms with van der Waals surface area (Å²) in [6.45, 7) is 2.32. The number of hydrogen-bond donors (Lipinski definition) is 0. The Bertz CT molecular complexity index is 849. The quantitative estimate of drug-likeness (QED) is 0.745. The Labute approximate surface area is 121 Å². The molecule has 0 amide bonds. The number of fused-ring (bicyclic) bond motifs is 4. The highest BCUT2D eigenvalue weighted by atomic mass is 16.5. The van der Waals surface area contributed by atoms with Crippen LogP contribution in [0, 0.1) is 0 Å². The number of carbonyl (C=O) groups is 1. The van der Waals surface area contributed by atoms with Crippen molar-refractivity contribution in [3.05, 3.63) is 58.5 Å². The highest BCUT2D eigenvalue weighted by Crippen LogP contribution is 2.39. The van der Waals surface area contributed by atoms with E-state index in [4.69, 9.17) is 4.74 Å². The molecule has 0 N–H and O–H groups in total. The number of nitrogens with zero attached hydrogens (tertiary/aromatic N) is 1. The fourth-order valence-electron chi connectivity index (χ4n) is 3.33. The molecule has 1 aliphatic heterocycles. The molecule has 2 aliphatic rings. The summed E-state index contributed by atoms with van der Waals surface area (Å²) in [5.41, 5.74) is 0.211. The highest BCUT2D eigenvalue weighted by molar-refractivity contribution is 5.91. The van der Waals surface area contributed by atoms with E-state index in [-0.39, 0.29) is 17.4 Å². The fraction of sp³-hybridized carbons (Fsp3) is 0.294. The van der Waals surface area contributed by atoms with Gasteiger partial charge in [-0.05, 0) is 36.6 Å². The first kappa shape index (κ1) is 12.5. The summed E-state index contributed by atoms with van der Waals surface area (Å²) in [6.07, 6.45) is 3.65. The van der Waals surface area contributed by atoms with E-state index in [0.29, 0.717) is 18.4 Å². The van der Waals surface area contributed by atoms with Crippen LogP contribution in [0.25, 0.3) is 10.8 Å². The first-order valence-electron chi connectivity index (χ1n) is 7.08. The van der Waals surface area contributed by atoms with Crippen LogP contribution in [0.15, 0.2) is 47.3 Å². The summed E-state index contributed by atoms with van der Waals surface area (Å²) in [4.78, 5) is 24.6. The Morgan fingerprint density at radius 3 is 2.95 bits per heavy atom. The summed E-state index contributed by atoms with van der Waals surface area (Å²) in [5.74, 6) is 0.0361. The molecule has 1 aromatic heterocycles. The third-order valence-electron chi connectivity index (χ3n) is 4.54. The van der Waals surface area contributed by atoms with Gasteiger partial charge in [0.05, 0.1) is 12.6 Å². The minimum Gasteiger partial charge on any atom is -0.363 e. The van der Waals surface area contributed by atoms with Gasteiger partial charge in [-0.2, -0.15) is 0 Å². The molecule has 0 bridgehead atoms. The number of benzene rings is 1. The van der Waals surface area contributed by atoms with Crippen molar-refractivity contribution in [1.29, 1.82) is 0 Å². The van der Waals surface area contributed by atoms with Gasteiger partial charge in [-0.25, -0.2) is 0 Å². The van der Waals surface area contributed by atoms with Gasteiger partial charge < -0.3 is 9.30 Å². The summed E-state index contributed by atoms with van der Waals surface area (Å²) < 4.78 is 7.71. The van der Waals surface area contributed by atoms with Gasteiger partial charge in [-0.15, -0.1) is 0 Å². The van der Waals surface area contributed by atoms with E-state index >= 15 is 0 Å². The minimum absolute atomic E-state index is 0.0361. The highest BCUT2D eigenvalue weighted by Gasteiger charge is 2.42. The zero-order valence-corrected chi connectivity index (χ0v) is 11.7. The topological polar surface area (TPSA) is 48.3 Å². The molecular weight excluding hydrogens is 266 g/mol. The number of pyridine rings is 1.